The molecule has 3 heterocycles. The van der Waals surface area contributed by atoms with Crippen LogP contribution in [0, 0.1) is 5.92 Å². The van der Waals surface area contributed by atoms with Crippen molar-refractivity contribution >= 4 is 11.9 Å². The fraction of sp³-hybridized carbons (Fsp3) is 0.700. The van der Waals surface area contributed by atoms with Crippen LogP contribution < -0.4 is 0 Å². The molecule has 0 radical (unpaired) electrons. The van der Waals surface area contributed by atoms with Crippen LogP contribution in [0.3, 0.4) is 0 Å². The van der Waals surface area contributed by atoms with Crippen molar-refractivity contribution in [1.29, 1.82) is 0 Å². The van der Waals surface area contributed by atoms with Gasteiger partial charge in [-0.05, 0) is 40.5 Å². The number of allylic oxidation sites excluding steroid dienone is 1. The third-order valence-corrected chi connectivity index (χ3v) is 6.46. The molecular formula is C20H26O6. The number of epoxide rings is 2. The first kappa shape index (κ1) is 17.7. The van der Waals surface area contributed by atoms with Gasteiger partial charge in [-0.1, -0.05) is 12.7 Å². The zero-order valence-electron chi connectivity index (χ0n) is 15.7. The van der Waals surface area contributed by atoms with E-state index in [1.807, 2.05) is 13.8 Å². The molecular weight excluding hydrogens is 336 g/mol. The molecule has 6 nitrogen and oxygen atoms in total. The first-order chi connectivity index (χ1) is 12.2. The summed E-state index contributed by atoms with van der Waals surface area (Å²) in [7, 11) is 0. The molecule has 4 fully saturated rings. The lowest BCUT2D eigenvalue weighted by atomic mass is 9.79. The van der Waals surface area contributed by atoms with Gasteiger partial charge in [-0.15, -0.1) is 0 Å². The Kier molecular flexibility index (Phi) is 3.87. The monoisotopic (exact) mass is 362 g/mol. The van der Waals surface area contributed by atoms with Crippen molar-refractivity contribution in [3.05, 3.63) is 23.8 Å². The number of carbonyl (C=O) groups is 2. The maximum Gasteiger partial charge on any atom is 0.334 e. The maximum absolute atomic E-state index is 12.4. The average Bonchev–Trinajstić information content (AvgIpc) is 3.42. The van der Waals surface area contributed by atoms with Crippen LogP contribution in [-0.2, 0) is 28.5 Å². The minimum atomic E-state index is -0.539. The smallest absolute Gasteiger partial charge is 0.334 e. The first-order valence-corrected chi connectivity index (χ1v) is 9.28. The molecule has 0 N–H and O–H groups in total. The molecule has 1 aliphatic carbocycles. The zero-order valence-corrected chi connectivity index (χ0v) is 15.7. The number of carbonyl (C=O) groups excluding carboxylic acids is 2. The van der Waals surface area contributed by atoms with Crippen molar-refractivity contribution in [3.63, 3.8) is 0 Å². The Morgan fingerprint density at radius 2 is 2.04 bits per heavy atom. The molecule has 4 aliphatic rings. The molecule has 142 valence electrons. The van der Waals surface area contributed by atoms with Gasteiger partial charge in [0.05, 0.1) is 23.2 Å². The van der Waals surface area contributed by atoms with E-state index in [1.165, 1.54) is 0 Å². The molecule has 3 saturated heterocycles. The summed E-state index contributed by atoms with van der Waals surface area (Å²) in [4.78, 5) is 24.7. The Labute approximate surface area is 153 Å². The van der Waals surface area contributed by atoms with Crippen LogP contribution in [-0.4, -0.2) is 47.6 Å². The number of rotatable bonds is 2. The normalized spacial score (nSPS) is 47.2. The number of hydrogen-bond donors (Lipinski definition) is 0. The van der Waals surface area contributed by atoms with Crippen molar-refractivity contribution in [1.82, 2.24) is 0 Å². The van der Waals surface area contributed by atoms with Gasteiger partial charge in [0, 0.05) is 17.6 Å². The molecule has 7 atom stereocenters. The topological polar surface area (TPSA) is 77.7 Å². The lowest BCUT2D eigenvalue weighted by molar-refractivity contribution is -0.149. The molecule has 0 bridgehead atoms. The Morgan fingerprint density at radius 1 is 1.31 bits per heavy atom. The van der Waals surface area contributed by atoms with E-state index in [1.54, 1.807) is 19.9 Å². The Morgan fingerprint density at radius 3 is 2.73 bits per heavy atom. The van der Waals surface area contributed by atoms with Crippen LogP contribution in [0.4, 0.5) is 0 Å². The zero-order chi connectivity index (χ0) is 18.9. The van der Waals surface area contributed by atoms with Crippen molar-refractivity contribution in [2.45, 2.75) is 82.6 Å². The van der Waals surface area contributed by atoms with Crippen molar-refractivity contribution < 1.29 is 28.5 Å². The van der Waals surface area contributed by atoms with E-state index in [0.29, 0.717) is 17.6 Å². The quantitative estimate of drug-likeness (QED) is 0.427. The molecule has 1 saturated carbocycles. The van der Waals surface area contributed by atoms with Crippen LogP contribution >= 0.6 is 0 Å². The highest BCUT2D eigenvalue weighted by atomic mass is 16.7. The summed E-state index contributed by atoms with van der Waals surface area (Å²) < 4.78 is 23.3. The van der Waals surface area contributed by atoms with Crippen molar-refractivity contribution in [2.75, 3.05) is 0 Å². The predicted octanol–water partition coefficient (Wildman–Crippen LogP) is 2.46. The fourth-order valence-electron chi connectivity index (χ4n) is 4.41. The molecule has 0 spiro atoms. The van der Waals surface area contributed by atoms with E-state index in [2.05, 4.69) is 6.58 Å². The number of esters is 2. The third-order valence-electron chi connectivity index (χ3n) is 6.46. The van der Waals surface area contributed by atoms with Gasteiger partial charge in [-0.2, -0.15) is 0 Å². The van der Waals surface area contributed by atoms with E-state index in [-0.39, 0.29) is 29.4 Å². The molecule has 0 aromatic heterocycles. The predicted molar refractivity (Wildman–Crippen MR) is 92.2 cm³/mol. The maximum atomic E-state index is 12.4. The van der Waals surface area contributed by atoms with Crippen LogP contribution in [0.2, 0.25) is 0 Å². The van der Waals surface area contributed by atoms with Gasteiger partial charge in [-0.25, -0.2) is 9.59 Å². The second kappa shape index (κ2) is 5.67. The van der Waals surface area contributed by atoms with E-state index in [9.17, 15) is 9.59 Å². The summed E-state index contributed by atoms with van der Waals surface area (Å²) in [5.41, 5.74) is 0.195. The molecule has 0 unspecified atom stereocenters. The Hall–Kier alpha value is -1.66. The summed E-state index contributed by atoms with van der Waals surface area (Å²) in [6, 6.07) is 0. The van der Waals surface area contributed by atoms with Gasteiger partial charge in [0.15, 0.2) is 0 Å². The van der Waals surface area contributed by atoms with Crippen LogP contribution in [0.15, 0.2) is 23.8 Å². The molecule has 0 aromatic rings. The molecule has 0 amide bonds. The average molecular weight is 362 g/mol. The summed E-state index contributed by atoms with van der Waals surface area (Å²) in [5, 5.41) is 0. The number of hydrogen-bond acceptors (Lipinski definition) is 6. The molecule has 6 heteroatoms. The van der Waals surface area contributed by atoms with Gasteiger partial charge in [0.2, 0.25) is 0 Å². The van der Waals surface area contributed by atoms with Gasteiger partial charge < -0.3 is 18.9 Å². The van der Waals surface area contributed by atoms with E-state index in [0.717, 1.165) is 12.8 Å². The lowest BCUT2D eigenvalue weighted by Gasteiger charge is -2.29. The second-order valence-corrected chi connectivity index (χ2v) is 8.35. The van der Waals surface area contributed by atoms with Gasteiger partial charge >= 0.3 is 11.9 Å². The fourth-order valence-corrected chi connectivity index (χ4v) is 4.41. The largest absolute Gasteiger partial charge is 0.458 e. The Balaban J connectivity index is 1.67. The summed E-state index contributed by atoms with van der Waals surface area (Å²) in [5.74, 6) is -1.23. The van der Waals surface area contributed by atoms with Crippen LogP contribution in [0.5, 0.6) is 0 Å². The van der Waals surface area contributed by atoms with Crippen molar-refractivity contribution in [2.24, 2.45) is 5.92 Å². The summed E-state index contributed by atoms with van der Waals surface area (Å²) in [6.45, 7) is 11.5. The second-order valence-electron chi connectivity index (χ2n) is 8.35. The number of fused-ring (bicyclic) bond motifs is 4. The number of ether oxygens (including phenoxy) is 4. The standard InChI is InChI=1S/C20H26O6/c1-6-10(2)17(21)23-12-9-20(5)13(25-20)7-8-19(4)16(26-19)15-14(12)11(3)18(22)24-15/h6,12-16H,3,7-9H2,1-2,4-5H3/b10-6-/t12-,13+,14+,15-,16+,19+,20+/m0/s1. The van der Waals surface area contributed by atoms with Gasteiger partial charge in [0.25, 0.3) is 0 Å². The van der Waals surface area contributed by atoms with Crippen molar-refractivity contribution in [3.8, 4) is 0 Å². The summed E-state index contributed by atoms with van der Waals surface area (Å²) >= 11 is 0. The minimum absolute atomic E-state index is 0.121. The van der Waals surface area contributed by atoms with Gasteiger partial charge in [0.1, 0.15) is 18.3 Å². The highest BCUT2D eigenvalue weighted by molar-refractivity contribution is 5.91. The SMILES string of the molecule is C=C1C(=O)O[C@H]2[C@H]1[C@@H](OC(=O)/C(C)=C\C)C[C@@]1(C)O[C@@H]1CC[C@@]1(C)O[C@H]21. The highest BCUT2D eigenvalue weighted by Gasteiger charge is 2.66. The third kappa shape index (κ3) is 2.70. The molecule has 0 aromatic carbocycles. The Bertz CT molecular complexity index is 711. The highest BCUT2D eigenvalue weighted by Crippen LogP contribution is 2.55. The van der Waals surface area contributed by atoms with Crippen LogP contribution in [0.1, 0.15) is 47.0 Å². The van der Waals surface area contributed by atoms with E-state index in [4.69, 9.17) is 18.9 Å². The molecule has 26 heavy (non-hydrogen) atoms. The van der Waals surface area contributed by atoms with Gasteiger partial charge in [-0.3, -0.25) is 0 Å². The summed E-state index contributed by atoms with van der Waals surface area (Å²) in [6.07, 6.45) is 2.88. The van der Waals surface area contributed by atoms with E-state index >= 15 is 0 Å². The van der Waals surface area contributed by atoms with E-state index < -0.39 is 24.1 Å². The van der Waals surface area contributed by atoms with Crippen LogP contribution in [0.25, 0.3) is 0 Å². The lowest BCUT2D eigenvalue weighted by Crippen LogP contribution is -2.41. The molecule has 4 rings (SSSR count). The molecule has 3 aliphatic heterocycles. The minimum Gasteiger partial charge on any atom is -0.458 e. The first-order valence-electron chi connectivity index (χ1n) is 9.28.